The molecule has 0 saturated carbocycles. The van der Waals surface area contributed by atoms with Crippen molar-refractivity contribution in [2.24, 2.45) is 0 Å². The zero-order valence-corrected chi connectivity index (χ0v) is 19.8. The number of carbonyl (C=O) groups is 2. The lowest BCUT2D eigenvalue weighted by Crippen LogP contribution is -2.37. The number of nitrogens with zero attached hydrogens (tertiary/aromatic N) is 3. The Hall–Kier alpha value is -3.55. The monoisotopic (exact) mass is 471 g/mol. The molecule has 7 heteroatoms. The SMILES string of the molecule is CN(C)c1ccc(/C=C2\SC(=O)N(C[C@@H](O)Cn3c4ccccc4c4ccccc43)C2=O)cc1. The number of amides is 2. The number of para-hydroxylation sites is 2. The molecular formula is C27H25N3O3S. The molecule has 0 aliphatic carbocycles. The molecular weight excluding hydrogens is 446 g/mol. The van der Waals surface area contributed by atoms with E-state index in [1.54, 1.807) is 6.08 Å². The van der Waals surface area contributed by atoms with Crippen LogP contribution in [0.15, 0.2) is 77.7 Å². The summed E-state index contributed by atoms with van der Waals surface area (Å²) in [6.07, 6.45) is 0.829. The van der Waals surface area contributed by atoms with E-state index in [4.69, 9.17) is 0 Å². The van der Waals surface area contributed by atoms with E-state index >= 15 is 0 Å². The minimum absolute atomic E-state index is 0.0532. The largest absolute Gasteiger partial charge is 0.389 e. The van der Waals surface area contributed by atoms with Crippen molar-refractivity contribution in [1.82, 2.24) is 9.47 Å². The third-order valence-electron chi connectivity index (χ3n) is 6.05. The van der Waals surface area contributed by atoms with Crippen molar-refractivity contribution in [1.29, 1.82) is 0 Å². The Morgan fingerprint density at radius 1 is 0.882 bits per heavy atom. The molecule has 5 rings (SSSR count). The minimum Gasteiger partial charge on any atom is -0.389 e. The number of fused-ring (bicyclic) bond motifs is 3. The quantitative estimate of drug-likeness (QED) is 0.403. The predicted octanol–water partition coefficient (Wildman–Crippen LogP) is 4.96. The van der Waals surface area contributed by atoms with Crippen molar-refractivity contribution in [2.45, 2.75) is 12.6 Å². The number of benzene rings is 3. The average Bonchev–Trinajstić information content (AvgIpc) is 3.29. The van der Waals surface area contributed by atoms with Crippen LogP contribution in [0.3, 0.4) is 0 Å². The highest BCUT2D eigenvalue weighted by Gasteiger charge is 2.36. The van der Waals surface area contributed by atoms with Gasteiger partial charge in [0.25, 0.3) is 11.1 Å². The summed E-state index contributed by atoms with van der Waals surface area (Å²) in [7, 11) is 3.93. The van der Waals surface area contributed by atoms with Gasteiger partial charge in [-0.3, -0.25) is 14.5 Å². The highest BCUT2D eigenvalue weighted by Crippen LogP contribution is 2.33. The average molecular weight is 472 g/mol. The fraction of sp³-hybridized carbons (Fsp3) is 0.185. The number of anilines is 1. The molecule has 1 fully saturated rings. The zero-order chi connectivity index (χ0) is 23.8. The first kappa shape index (κ1) is 22.3. The first-order chi connectivity index (χ1) is 16.4. The van der Waals surface area contributed by atoms with Gasteiger partial charge in [-0.15, -0.1) is 0 Å². The van der Waals surface area contributed by atoms with Crippen LogP contribution in [0.2, 0.25) is 0 Å². The van der Waals surface area contributed by atoms with Crippen LogP contribution in [0.1, 0.15) is 5.56 Å². The van der Waals surface area contributed by atoms with Gasteiger partial charge in [0, 0.05) is 41.6 Å². The van der Waals surface area contributed by atoms with Crippen LogP contribution < -0.4 is 4.90 Å². The molecule has 1 atom stereocenters. The van der Waals surface area contributed by atoms with E-state index in [0.717, 1.165) is 49.7 Å². The first-order valence-corrected chi connectivity index (χ1v) is 11.9. The summed E-state index contributed by atoms with van der Waals surface area (Å²) >= 11 is 0.912. The van der Waals surface area contributed by atoms with Crippen LogP contribution in [-0.2, 0) is 11.3 Å². The van der Waals surface area contributed by atoms with E-state index in [1.807, 2.05) is 79.7 Å². The third-order valence-corrected chi connectivity index (χ3v) is 6.95. The molecule has 6 nitrogen and oxygen atoms in total. The fourth-order valence-electron chi connectivity index (χ4n) is 4.36. The molecule has 0 bridgehead atoms. The molecule has 1 saturated heterocycles. The van der Waals surface area contributed by atoms with Crippen molar-refractivity contribution >= 4 is 56.5 Å². The van der Waals surface area contributed by atoms with Crippen molar-refractivity contribution in [3.63, 3.8) is 0 Å². The maximum atomic E-state index is 12.9. The number of rotatable bonds is 6. The topological polar surface area (TPSA) is 65.8 Å². The van der Waals surface area contributed by atoms with Gasteiger partial charge in [0.05, 0.1) is 24.1 Å². The van der Waals surface area contributed by atoms with Crippen molar-refractivity contribution in [2.75, 3.05) is 25.5 Å². The van der Waals surface area contributed by atoms with Crippen LogP contribution in [0.25, 0.3) is 27.9 Å². The Morgan fingerprint density at radius 2 is 1.47 bits per heavy atom. The van der Waals surface area contributed by atoms with Gasteiger partial charge in [-0.25, -0.2) is 0 Å². The molecule has 1 aliphatic heterocycles. The number of aliphatic hydroxyl groups excluding tert-OH is 1. The van der Waals surface area contributed by atoms with Crippen LogP contribution in [-0.4, -0.2) is 52.5 Å². The number of aromatic nitrogens is 1. The minimum atomic E-state index is -0.897. The molecule has 0 spiro atoms. The molecule has 0 unspecified atom stereocenters. The molecule has 2 heterocycles. The number of aliphatic hydroxyl groups is 1. The normalized spacial score (nSPS) is 16.2. The van der Waals surface area contributed by atoms with Gasteiger partial charge in [-0.2, -0.15) is 0 Å². The lowest BCUT2D eigenvalue weighted by atomic mass is 10.2. The lowest BCUT2D eigenvalue weighted by Gasteiger charge is -2.19. The molecule has 3 aromatic carbocycles. The Kier molecular flexibility index (Phi) is 5.89. The number of hydrogen-bond acceptors (Lipinski definition) is 5. The number of carbonyl (C=O) groups excluding carboxylic acids is 2. The van der Waals surface area contributed by atoms with Gasteiger partial charge in [-0.1, -0.05) is 48.5 Å². The van der Waals surface area contributed by atoms with E-state index in [2.05, 4.69) is 16.7 Å². The molecule has 1 N–H and O–H groups in total. The van der Waals surface area contributed by atoms with Gasteiger partial charge >= 0.3 is 0 Å². The van der Waals surface area contributed by atoms with Gasteiger partial charge in [0.1, 0.15) is 0 Å². The van der Waals surface area contributed by atoms with E-state index in [9.17, 15) is 14.7 Å². The molecule has 0 radical (unpaired) electrons. The first-order valence-electron chi connectivity index (χ1n) is 11.1. The van der Waals surface area contributed by atoms with Crippen molar-refractivity contribution in [3.05, 3.63) is 83.3 Å². The maximum Gasteiger partial charge on any atom is 0.293 e. The highest BCUT2D eigenvalue weighted by molar-refractivity contribution is 8.18. The van der Waals surface area contributed by atoms with E-state index in [0.29, 0.717) is 4.91 Å². The summed E-state index contributed by atoms with van der Waals surface area (Å²) in [5, 5.41) is 12.8. The summed E-state index contributed by atoms with van der Waals surface area (Å²) in [6, 6.07) is 23.9. The Labute approximate surface area is 202 Å². The lowest BCUT2D eigenvalue weighted by molar-refractivity contribution is -0.123. The number of imide groups is 1. The second kappa shape index (κ2) is 9.00. The molecule has 1 aromatic heterocycles. The molecule has 172 valence electrons. The van der Waals surface area contributed by atoms with Gasteiger partial charge in [-0.05, 0) is 47.7 Å². The van der Waals surface area contributed by atoms with Crippen molar-refractivity contribution < 1.29 is 14.7 Å². The van der Waals surface area contributed by atoms with Crippen LogP contribution >= 0.6 is 11.8 Å². The van der Waals surface area contributed by atoms with Gasteiger partial charge in [0.15, 0.2) is 0 Å². The summed E-state index contributed by atoms with van der Waals surface area (Å²) in [4.78, 5) is 29.0. The summed E-state index contributed by atoms with van der Waals surface area (Å²) in [6.45, 7) is 0.225. The van der Waals surface area contributed by atoms with Crippen molar-refractivity contribution in [3.8, 4) is 0 Å². The molecule has 4 aromatic rings. The zero-order valence-electron chi connectivity index (χ0n) is 19.0. The maximum absolute atomic E-state index is 12.9. The molecule has 2 amide bonds. The summed E-state index contributed by atoms with van der Waals surface area (Å²) in [5.74, 6) is -0.368. The Balaban J connectivity index is 1.35. The van der Waals surface area contributed by atoms with E-state index in [-0.39, 0.29) is 24.2 Å². The Bertz CT molecular complexity index is 1370. The van der Waals surface area contributed by atoms with Gasteiger partial charge < -0.3 is 14.6 Å². The highest BCUT2D eigenvalue weighted by atomic mass is 32.2. The fourth-order valence-corrected chi connectivity index (χ4v) is 5.20. The van der Waals surface area contributed by atoms with Crippen LogP contribution in [0.4, 0.5) is 10.5 Å². The summed E-state index contributed by atoms with van der Waals surface area (Å²) in [5.41, 5.74) is 3.93. The summed E-state index contributed by atoms with van der Waals surface area (Å²) < 4.78 is 2.05. The van der Waals surface area contributed by atoms with Crippen LogP contribution in [0, 0.1) is 0 Å². The molecule has 34 heavy (non-hydrogen) atoms. The smallest absolute Gasteiger partial charge is 0.293 e. The van der Waals surface area contributed by atoms with E-state index < -0.39 is 6.10 Å². The standard InChI is InChI=1S/C27H25N3O3S/c1-28(2)19-13-11-18(12-14-19)15-25-26(32)30(27(33)34-25)17-20(31)16-29-23-9-5-3-7-21(23)22-8-4-6-10-24(22)29/h3-15,20,31H,16-17H2,1-2H3/b25-15-/t20-/m0/s1. The van der Waals surface area contributed by atoms with Crippen LogP contribution in [0.5, 0.6) is 0 Å². The predicted molar refractivity (Wildman–Crippen MR) is 139 cm³/mol. The van der Waals surface area contributed by atoms with Gasteiger partial charge in [0.2, 0.25) is 0 Å². The number of thioether (sulfide) groups is 1. The number of β-amino-alcohol motifs (C(OH)–C–C–N with tert-alkyl or cyclic N) is 1. The van der Waals surface area contributed by atoms with E-state index in [1.165, 1.54) is 0 Å². The number of hydrogen-bond donors (Lipinski definition) is 1. The molecule has 1 aliphatic rings. The third kappa shape index (κ3) is 4.08. The second-order valence-corrected chi connectivity index (χ2v) is 9.57. The Morgan fingerprint density at radius 3 is 2.06 bits per heavy atom. The second-order valence-electron chi connectivity index (χ2n) is 8.58.